The van der Waals surface area contributed by atoms with E-state index in [1.807, 2.05) is 50.4 Å². The molecule has 0 radical (unpaired) electrons. The third kappa shape index (κ3) is 2.34. The molecule has 0 N–H and O–H groups in total. The molecule has 1 nitrogen and oxygen atoms in total. The molecule has 0 atom stereocenters. The van der Waals surface area contributed by atoms with Crippen molar-refractivity contribution < 1.29 is 4.79 Å². The molecule has 70 valence electrons. The Morgan fingerprint density at radius 3 is 2.23 bits per heavy atom. The van der Waals surface area contributed by atoms with Gasteiger partial charge in [-0.3, -0.25) is 4.79 Å². The first-order chi connectivity index (χ1) is 6.08. The van der Waals surface area contributed by atoms with E-state index in [4.69, 9.17) is 0 Å². The van der Waals surface area contributed by atoms with Gasteiger partial charge in [-0.25, -0.2) is 0 Å². The zero-order valence-electron chi connectivity index (χ0n) is 8.20. The molecule has 0 bridgehead atoms. The van der Waals surface area contributed by atoms with E-state index in [2.05, 4.69) is 0 Å². The highest BCUT2D eigenvalue weighted by atomic mass is 32.2. The summed E-state index contributed by atoms with van der Waals surface area (Å²) in [5.74, 6) is 0.195. The number of hydrogen-bond acceptors (Lipinski definition) is 2. The third-order valence-corrected chi connectivity index (χ3v) is 3.30. The first kappa shape index (κ1) is 10.3. The average Bonchev–Trinajstić information content (AvgIpc) is 2.18. The lowest BCUT2D eigenvalue weighted by atomic mass is 10.0. The Kier molecular flexibility index (Phi) is 3.15. The molecule has 0 heterocycles. The van der Waals surface area contributed by atoms with Crippen molar-refractivity contribution in [3.8, 4) is 0 Å². The number of hydrogen-bond donors (Lipinski definition) is 0. The topological polar surface area (TPSA) is 17.1 Å². The smallest absolute Gasteiger partial charge is 0.178 e. The molecule has 1 aromatic rings. The van der Waals surface area contributed by atoms with Gasteiger partial charge in [0, 0.05) is 5.56 Å². The summed E-state index contributed by atoms with van der Waals surface area (Å²) in [5, 5.41) is 0. The predicted octanol–water partition coefficient (Wildman–Crippen LogP) is 3.01. The van der Waals surface area contributed by atoms with Crippen molar-refractivity contribution in [2.75, 3.05) is 6.26 Å². The molecule has 0 saturated carbocycles. The Hall–Kier alpha value is -0.760. The van der Waals surface area contributed by atoms with Gasteiger partial charge in [0.25, 0.3) is 0 Å². The number of benzene rings is 1. The molecule has 0 amide bonds. The highest BCUT2D eigenvalue weighted by Gasteiger charge is 2.26. The molecule has 2 heteroatoms. The zero-order valence-corrected chi connectivity index (χ0v) is 9.02. The summed E-state index contributed by atoms with van der Waals surface area (Å²) < 4.78 is -0.318. The fourth-order valence-electron chi connectivity index (χ4n) is 1.03. The van der Waals surface area contributed by atoms with Crippen LogP contribution in [0.5, 0.6) is 0 Å². The van der Waals surface area contributed by atoms with E-state index in [-0.39, 0.29) is 10.5 Å². The summed E-state index contributed by atoms with van der Waals surface area (Å²) in [7, 11) is 0. The molecule has 1 aromatic carbocycles. The summed E-state index contributed by atoms with van der Waals surface area (Å²) >= 11 is 1.58. The van der Waals surface area contributed by atoms with E-state index < -0.39 is 0 Å². The Bertz CT molecular complexity index is 290. The Balaban J connectivity index is 2.93. The van der Waals surface area contributed by atoms with Crippen molar-refractivity contribution in [3.05, 3.63) is 35.9 Å². The first-order valence-electron chi connectivity index (χ1n) is 4.23. The molecule has 0 saturated heterocycles. The van der Waals surface area contributed by atoms with E-state index in [9.17, 15) is 4.79 Å². The largest absolute Gasteiger partial charge is 0.293 e. The van der Waals surface area contributed by atoms with Gasteiger partial charge in [-0.05, 0) is 20.1 Å². The van der Waals surface area contributed by atoms with E-state index >= 15 is 0 Å². The molecule has 13 heavy (non-hydrogen) atoms. The van der Waals surface area contributed by atoms with Crippen LogP contribution in [0.3, 0.4) is 0 Å². The van der Waals surface area contributed by atoms with Gasteiger partial charge < -0.3 is 0 Å². The second kappa shape index (κ2) is 3.97. The summed E-state index contributed by atoms with van der Waals surface area (Å²) in [5.41, 5.74) is 0.793. The fourth-order valence-corrected chi connectivity index (χ4v) is 1.33. The van der Waals surface area contributed by atoms with Gasteiger partial charge in [0.1, 0.15) is 0 Å². The summed E-state index contributed by atoms with van der Waals surface area (Å²) in [6.45, 7) is 3.90. The van der Waals surface area contributed by atoms with Crippen LogP contribution in [0.2, 0.25) is 0 Å². The molecular weight excluding hydrogens is 180 g/mol. The monoisotopic (exact) mass is 194 g/mol. The molecule has 0 spiro atoms. The van der Waals surface area contributed by atoms with Crippen molar-refractivity contribution >= 4 is 17.5 Å². The van der Waals surface area contributed by atoms with Crippen LogP contribution in [0, 0.1) is 0 Å². The fraction of sp³-hybridized carbons (Fsp3) is 0.364. The maximum atomic E-state index is 11.9. The van der Waals surface area contributed by atoms with Crippen LogP contribution < -0.4 is 0 Å². The lowest BCUT2D eigenvalue weighted by Gasteiger charge is -2.19. The second-order valence-electron chi connectivity index (χ2n) is 3.41. The lowest BCUT2D eigenvalue weighted by Crippen LogP contribution is -2.27. The van der Waals surface area contributed by atoms with E-state index in [0.717, 1.165) is 5.56 Å². The number of Topliss-reactive ketones (excluding diaryl/α,β-unsaturated/α-hetero) is 1. The maximum absolute atomic E-state index is 11.9. The van der Waals surface area contributed by atoms with Gasteiger partial charge in [-0.15, -0.1) is 0 Å². The first-order valence-corrected chi connectivity index (χ1v) is 5.45. The number of rotatable bonds is 3. The van der Waals surface area contributed by atoms with Gasteiger partial charge in [-0.1, -0.05) is 30.3 Å². The van der Waals surface area contributed by atoms with Gasteiger partial charge >= 0.3 is 0 Å². The number of carbonyl (C=O) groups excluding carboxylic acids is 1. The summed E-state index contributed by atoms with van der Waals surface area (Å²) in [6, 6.07) is 9.43. The Morgan fingerprint density at radius 2 is 1.77 bits per heavy atom. The SMILES string of the molecule is CSC(C)(C)C(=O)c1ccccc1. The standard InChI is InChI=1S/C11H14OS/c1-11(2,13-3)10(12)9-7-5-4-6-8-9/h4-8H,1-3H3. The highest BCUT2D eigenvalue weighted by molar-refractivity contribution is 8.00. The molecular formula is C11H14OS. The maximum Gasteiger partial charge on any atom is 0.178 e. The quantitative estimate of drug-likeness (QED) is 0.688. The Labute approximate surface area is 83.5 Å². The number of carbonyl (C=O) groups is 1. The third-order valence-electron chi connectivity index (χ3n) is 2.09. The molecule has 0 aromatic heterocycles. The van der Waals surface area contributed by atoms with Crippen molar-refractivity contribution in [2.24, 2.45) is 0 Å². The van der Waals surface area contributed by atoms with Gasteiger partial charge in [0.05, 0.1) is 4.75 Å². The molecule has 0 unspecified atom stereocenters. The highest BCUT2D eigenvalue weighted by Crippen LogP contribution is 2.25. The van der Waals surface area contributed by atoms with Crippen LogP contribution in [0.15, 0.2) is 30.3 Å². The van der Waals surface area contributed by atoms with Crippen LogP contribution in [0.4, 0.5) is 0 Å². The van der Waals surface area contributed by atoms with Crippen molar-refractivity contribution in [3.63, 3.8) is 0 Å². The van der Waals surface area contributed by atoms with Gasteiger partial charge in [0.15, 0.2) is 5.78 Å². The van der Waals surface area contributed by atoms with E-state index in [1.165, 1.54) is 0 Å². The normalized spacial score (nSPS) is 11.3. The van der Waals surface area contributed by atoms with Crippen LogP contribution >= 0.6 is 11.8 Å². The van der Waals surface area contributed by atoms with Crippen LogP contribution in [-0.2, 0) is 0 Å². The molecule has 0 aliphatic carbocycles. The van der Waals surface area contributed by atoms with E-state index in [0.29, 0.717) is 0 Å². The van der Waals surface area contributed by atoms with Crippen molar-refractivity contribution in [1.82, 2.24) is 0 Å². The zero-order chi connectivity index (χ0) is 9.90. The van der Waals surface area contributed by atoms with Crippen LogP contribution in [-0.4, -0.2) is 16.8 Å². The minimum Gasteiger partial charge on any atom is -0.293 e. The van der Waals surface area contributed by atoms with Gasteiger partial charge in [-0.2, -0.15) is 11.8 Å². The minimum atomic E-state index is -0.318. The average molecular weight is 194 g/mol. The van der Waals surface area contributed by atoms with E-state index in [1.54, 1.807) is 11.8 Å². The van der Waals surface area contributed by atoms with Crippen molar-refractivity contribution in [1.29, 1.82) is 0 Å². The molecule has 0 aliphatic heterocycles. The Morgan fingerprint density at radius 1 is 1.23 bits per heavy atom. The predicted molar refractivity (Wildman–Crippen MR) is 58.4 cm³/mol. The number of thioether (sulfide) groups is 1. The van der Waals surface area contributed by atoms with Crippen molar-refractivity contribution in [2.45, 2.75) is 18.6 Å². The summed E-state index contributed by atoms with van der Waals surface area (Å²) in [6.07, 6.45) is 1.96. The molecule has 0 fully saturated rings. The molecule has 1 rings (SSSR count). The number of ketones is 1. The lowest BCUT2D eigenvalue weighted by molar-refractivity contribution is 0.0958. The van der Waals surface area contributed by atoms with Crippen LogP contribution in [0.1, 0.15) is 24.2 Å². The minimum absolute atomic E-state index is 0.195. The summed E-state index contributed by atoms with van der Waals surface area (Å²) in [4.78, 5) is 11.9. The van der Waals surface area contributed by atoms with Crippen LogP contribution in [0.25, 0.3) is 0 Å². The second-order valence-corrected chi connectivity index (χ2v) is 4.84. The molecule has 0 aliphatic rings. The van der Waals surface area contributed by atoms with Gasteiger partial charge in [0.2, 0.25) is 0 Å².